The fourth-order valence-corrected chi connectivity index (χ4v) is 1.13. The summed E-state index contributed by atoms with van der Waals surface area (Å²) >= 11 is 0. The number of carbonyl (C=O) groups excluding carboxylic acids is 1. The van der Waals surface area contributed by atoms with Crippen LogP contribution in [0.15, 0.2) is 36.1 Å². The van der Waals surface area contributed by atoms with E-state index in [2.05, 4.69) is 5.32 Å². The van der Waals surface area contributed by atoms with Crippen LogP contribution in [0, 0.1) is 0 Å². The van der Waals surface area contributed by atoms with Gasteiger partial charge in [-0.15, -0.1) is 0 Å². The number of amides is 1. The van der Waals surface area contributed by atoms with Gasteiger partial charge in [0.1, 0.15) is 5.67 Å². The van der Waals surface area contributed by atoms with Gasteiger partial charge in [-0.3, -0.25) is 4.79 Å². The molecule has 86 valence electrons. The summed E-state index contributed by atoms with van der Waals surface area (Å²) < 4.78 is 13.3. The Kier molecular flexibility index (Phi) is 3.60. The van der Waals surface area contributed by atoms with E-state index in [1.54, 1.807) is 6.08 Å². The Hall–Kier alpha value is -1.91. The second-order valence-electron chi connectivity index (χ2n) is 3.64. The molecule has 0 aromatic carbocycles. The lowest BCUT2D eigenvalue weighted by Gasteiger charge is -2.18. The normalized spacial score (nSPS) is 24.2. The van der Waals surface area contributed by atoms with Crippen molar-refractivity contribution in [3.05, 3.63) is 36.1 Å². The number of allylic oxidation sites excluding steroid dienone is 3. The molecule has 0 saturated heterocycles. The van der Waals surface area contributed by atoms with Gasteiger partial charge in [-0.05, 0) is 19.1 Å². The Morgan fingerprint density at radius 1 is 1.56 bits per heavy atom. The van der Waals surface area contributed by atoms with Gasteiger partial charge in [0.2, 0.25) is 5.91 Å². The number of carboxylic acids is 1. The van der Waals surface area contributed by atoms with Crippen LogP contribution < -0.4 is 5.32 Å². The maximum Gasteiger partial charge on any atom is 0.328 e. The van der Waals surface area contributed by atoms with Crippen molar-refractivity contribution in [1.29, 1.82) is 0 Å². The van der Waals surface area contributed by atoms with E-state index in [1.165, 1.54) is 19.1 Å². The highest BCUT2D eigenvalue weighted by Crippen LogP contribution is 2.23. The number of carboxylic acid groups (broad SMARTS) is 1. The Bertz CT molecular complexity index is 394. The van der Waals surface area contributed by atoms with Crippen LogP contribution in [-0.2, 0) is 9.59 Å². The van der Waals surface area contributed by atoms with E-state index in [9.17, 15) is 14.0 Å². The number of rotatable bonds is 3. The lowest BCUT2D eigenvalue weighted by atomic mass is 9.98. The Labute approximate surface area is 92.1 Å². The maximum atomic E-state index is 13.3. The largest absolute Gasteiger partial charge is 0.478 e. The molecule has 1 amide bonds. The fourth-order valence-electron chi connectivity index (χ4n) is 1.13. The smallest absolute Gasteiger partial charge is 0.328 e. The second kappa shape index (κ2) is 4.74. The maximum absolute atomic E-state index is 13.3. The third-order valence-corrected chi connectivity index (χ3v) is 1.98. The molecule has 4 nitrogen and oxygen atoms in total. The minimum Gasteiger partial charge on any atom is -0.478 e. The number of aliphatic carboxylic acids is 1. The van der Waals surface area contributed by atoms with Crippen molar-refractivity contribution in [1.82, 2.24) is 5.32 Å². The SMILES string of the molecule is CC1(F)C=CC(NC(=O)C=CC(=O)O)=CC1. The van der Waals surface area contributed by atoms with Crippen molar-refractivity contribution in [2.45, 2.75) is 19.0 Å². The highest BCUT2D eigenvalue weighted by atomic mass is 19.1. The third kappa shape index (κ3) is 4.08. The number of carbonyl (C=O) groups is 2. The highest BCUT2D eigenvalue weighted by molar-refractivity contribution is 5.94. The van der Waals surface area contributed by atoms with Crippen LogP contribution >= 0.6 is 0 Å². The van der Waals surface area contributed by atoms with Gasteiger partial charge < -0.3 is 10.4 Å². The molecule has 2 N–H and O–H groups in total. The lowest BCUT2D eigenvalue weighted by Crippen LogP contribution is -2.24. The average molecular weight is 225 g/mol. The zero-order valence-electron chi connectivity index (χ0n) is 8.74. The van der Waals surface area contributed by atoms with E-state index in [0.717, 1.165) is 12.2 Å². The molecule has 1 atom stereocenters. The molecule has 0 aliphatic heterocycles. The molecular formula is C11H12FNO3. The molecule has 0 aromatic heterocycles. The van der Waals surface area contributed by atoms with Crippen molar-refractivity contribution in [3.63, 3.8) is 0 Å². The molecule has 0 fully saturated rings. The minimum atomic E-state index is -1.38. The second-order valence-corrected chi connectivity index (χ2v) is 3.64. The average Bonchev–Trinajstić information content (AvgIpc) is 2.18. The Morgan fingerprint density at radius 3 is 2.75 bits per heavy atom. The molecule has 0 saturated carbocycles. The summed E-state index contributed by atoms with van der Waals surface area (Å²) in [6.45, 7) is 1.43. The van der Waals surface area contributed by atoms with Crippen LogP contribution in [0.3, 0.4) is 0 Å². The van der Waals surface area contributed by atoms with Crippen LogP contribution in [0.5, 0.6) is 0 Å². The summed E-state index contributed by atoms with van der Waals surface area (Å²) in [7, 11) is 0. The predicted octanol–water partition coefficient (Wildman–Crippen LogP) is 1.32. The highest BCUT2D eigenvalue weighted by Gasteiger charge is 2.20. The summed E-state index contributed by atoms with van der Waals surface area (Å²) in [5.74, 6) is -1.75. The molecular weight excluding hydrogens is 213 g/mol. The van der Waals surface area contributed by atoms with Crippen LogP contribution in [0.4, 0.5) is 4.39 Å². The molecule has 0 bridgehead atoms. The number of halogens is 1. The topological polar surface area (TPSA) is 66.4 Å². The van der Waals surface area contributed by atoms with Gasteiger partial charge in [0.15, 0.2) is 0 Å². The summed E-state index contributed by atoms with van der Waals surface area (Å²) in [5, 5.41) is 10.7. The van der Waals surface area contributed by atoms with Crippen LogP contribution in [0.1, 0.15) is 13.3 Å². The van der Waals surface area contributed by atoms with Gasteiger partial charge in [-0.25, -0.2) is 9.18 Å². The molecule has 1 aliphatic rings. The third-order valence-electron chi connectivity index (χ3n) is 1.98. The van der Waals surface area contributed by atoms with E-state index in [4.69, 9.17) is 5.11 Å². The van der Waals surface area contributed by atoms with Crippen molar-refractivity contribution in [2.75, 3.05) is 0 Å². The van der Waals surface area contributed by atoms with Gasteiger partial charge in [-0.1, -0.05) is 6.08 Å². The zero-order chi connectivity index (χ0) is 12.2. The fraction of sp³-hybridized carbons (Fsp3) is 0.273. The van der Waals surface area contributed by atoms with E-state index in [0.29, 0.717) is 5.70 Å². The van der Waals surface area contributed by atoms with Crippen molar-refractivity contribution in [2.24, 2.45) is 0 Å². The molecule has 0 spiro atoms. The molecule has 0 heterocycles. The first-order valence-electron chi connectivity index (χ1n) is 4.69. The number of hydrogen-bond acceptors (Lipinski definition) is 2. The molecule has 1 unspecified atom stereocenters. The number of nitrogens with one attached hydrogen (secondary N) is 1. The minimum absolute atomic E-state index is 0.182. The van der Waals surface area contributed by atoms with Gasteiger partial charge in [0, 0.05) is 24.3 Å². The summed E-state index contributed by atoms with van der Waals surface area (Å²) in [6.07, 6.45) is 6.18. The molecule has 5 heteroatoms. The van der Waals surface area contributed by atoms with Crippen LogP contribution in [0.2, 0.25) is 0 Å². The Morgan fingerprint density at radius 2 is 2.25 bits per heavy atom. The molecule has 0 radical (unpaired) electrons. The lowest BCUT2D eigenvalue weighted by molar-refractivity contribution is -0.131. The van der Waals surface area contributed by atoms with E-state index in [1.807, 2.05) is 0 Å². The monoisotopic (exact) mass is 225 g/mol. The first-order valence-corrected chi connectivity index (χ1v) is 4.69. The summed E-state index contributed by atoms with van der Waals surface area (Å²) in [5.41, 5.74) is -0.916. The van der Waals surface area contributed by atoms with Gasteiger partial charge in [-0.2, -0.15) is 0 Å². The predicted molar refractivity (Wildman–Crippen MR) is 56.3 cm³/mol. The van der Waals surface area contributed by atoms with Gasteiger partial charge in [0.25, 0.3) is 0 Å². The molecule has 0 aromatic rings. The van der Waals surface area contributed by atoms with E-state index < -0.39 is 17.5 Å². The molecule has 1 rings (SSSR count). The zero-order valence-corrected chi connectivity index (χ0v) is 8.74. The van der Waals surface area contributed by atoms with Gasteiger partial charge >= 0.3 is 5.97 Å². The van der Waals surface area contributed by atoms with Crippen LogP contribution in [-0.4, -0.2) is 22.7 Å². The molecule has 16 heavy (non-hydrogen) atoms. The first kappa shape index (κ1) is 12.2. The van der Waals surface area contributed by atoms with E-state index >= 15 is 0 Å². The van der Waals surface area contributed by atoms with Crippen molar-refractivity contribution in [3.8, 4) is 0 Å². The number of hydrogen-bond donors (Lipinski definition) is 2. The van der Waals surface area contributed by atoms with Crippen molar-refractivity contribution >= 4 is 11.9 Å². The molecule has 1 aliphatic carbocycles. The first-order chi connectivity index (χ1) is 7.39. The van der Waals surface area contributed by atoms with Gasteiger partial charge in [0.05, 0.1) is 0 Å². The van der Waals surface area contributed by atoms with E-state index in [-0.39, 0.29) is 6.42 Å². The number of alkyl halides is 1. The summed E-state index contributed by atoms with van der Waals surface area (Å²) in [6, 6.07) is 0. The Balaban J connectivity index is 2.52. The standard InChI is InChI=1S/C11H12FNO3/c1-11(12)6-4-8(5-7-11)13-9(14)2-3-10(15)16/h2-6H,7H2,1H3,(H,13,14)(H,15,16). The van der Waals surface area contributed by atoms with Crippen LogP contribution in [0.25, 0.3) is 0 Å². The summed E-state index contributed by atoms with van der Waals surface area (Å²) in [4.78, 5) is 21.3. The quantitative estimate of drug-likeness (QED) is 0.712. The van der Waals surface area contributed by atoms with Crippen molar-refractivity contribution < 1.29 is 19.1 Å².